The van der Waals surface area contributed by atoms with E-state index in [1.165, 1.54) is 5.56 Å². The van der Waals surface area contributed by atoms with Gasteiger partial charge >= 0.3 is 0 Å². The number of piperidine rings is 1. The van der Waals surface area contributed by atoms with Gasteiger partial charge in [-0.25, -0.2) is 8.42 Å². The van der Waals surface area contributed by atoms with E-state index in [4.69, 9.17) is 0 Å². The molecule has 1 aliphatic rings. The van der Waals surface area contributed by atoms with Crippen LogP contribution in [-0.2, 0) is 21.4 Å². The highest BCUT2D eigenvalue weighted by Crippen LogP contribution is 2.18. The number of nitrogens with zero attached hydrogens (tertiary/aromatic N) is 1. The molecule has 0 unspecified atom stereocenters. The first-order chi connectivity index (χ1) is 13.8. The van der Waals surface area contributed by atoms with Crippen molar-refractivity contribution >= 4 is 27.3 Å². The van der Waals surface area contributed by atoms with Gasteiger partial charge in [-0.2, -0.15) is 4.72 Å². The number of nitrogens with one attached hydrogen (secondary N) is 2. The van der Waals surface area contributed by atoms with Crippen LogP contribution in [0.4, 0.5) is 0 Å². The molecule has 2 aromatic rings. The minimum absolute atomic E-state index is 0.0713. The fourth-order valence-corrected chi connectivity index (χ4v) is 5.86. The summed E-state index contributed by atoms with van der Waals surface area (Å²) in [6, 6.07) is 12.9. The van der Waals surface area contributed by atoms with Gasteiger partial charge < -0.3 is 5.32 Å². The number of benzene rings is 1. The Morgan fingerprint density at radius 1 is 1.14 bits per heavy atom. The molecule has 0 saturated carbocycles. The van der Waals surface area contributed by atoms with Crippen LogP contribution in [0.3, 0.4) is 0 Å². The molecule has 3 rings (SSSR count). The Morgan fingerprint density at radius 2 is 1.83 bits per heavy atom. The molecule has 158 valence electrons. The summed E-state index contributed by atoms with van der Waals surface area (Å²) in [4.78, 5) is 15.2. The summed E-state index contributed by atoms with van der Waals surface area (Å²) in [5.74, 6) is -0.399. The van der Waals surface area contributed by atoms with E-state index in [-0.39, 0.29) is 22.1 Å². The first kappa shape index (κ1) is 22.0. The van der Waals surface area contributed by atoms with E-state index in [9.17, 15) is 13.2 Å². The minimum Gasteiger partial charge on any atom is -0.352 e. The molecule has 0 spiro atoms. The SMILES string of the molecule is CC(C)[C@@H](NS(=O)(=O)c1cccs1)C(=O)NC1CCN(Cc2ccccc2)CC1. The average molecular weight is 436 g/mol. The second-order valence-electron chi connectivity index (χ2n) is 7.82. The van der Waals surface area contributed by atoms with Crippen molar-refractivity contribution in [3.8, 4) is 0 Å². The van der Waals surface area contributed by atoms with E-state index in [1.54, 1.807) is 17.5 Å². The Hall–Kier alpha value is -1.74. The van der Waals surface area contributed by atoms with Crippen molar-refractivity contribution in [2.75, 3.05) is 13.1 Å². The van der Waals surface area contributed by atoms with Crippen LogP contribution in [0.25, 0.3) is 0 Å². The lowest BCUT2D eigenvalue weighted by molar-refractivity contribution is -0.124. The number of likely N-dealkylation sites (tertiary alicyclic amines) is 1. The van der Waals surface area contributed by atoms with Crippen molar-refractivity contribution in [3.63, 3.8) is 0 Å². The molecule has 2 N–H and O–H groups in total. The molecule has 1 aromatic carbocycles. The fourth-order valence-electron chi connectivity index (χ4n) is 3.50. The Bertz CT molecular complexity index is 875. The molecule has 1 aromatic heterocycles. The van der Waals surface area contributed by atoms with Gasteiger partial charge in [0.15, 0.2) is 0 Å². The summed E-state index contributed by atoms with van der Waals surface area (Å²) >= 11 is 1.14. The van der Waals surface area contributed by atoms with Crippen molar-refractivity contribution < 1.29 is 13.2 Å². The van der Waals surface area contributed by atoms with Crippen molar-refractivity contribution in [3.05, 3.63) is 53.4 Å². The number of rotatable bonds is 8. The molecule has 2 heterocycles. The summed E-state index contributed by atoms with van der Waals surface area (Å²) in [7, 11) is -3.69. The topological polar surface area (TPSA) is 78.5 Å². The summed E-state index contributed by atoms with van der Waals surface area (Å²) in [5.41, 5.74) is 1.29. The molecule has 0 radical (unpaired) electrons. The van der Waals surface area contributed by atoms with Crippen molar-refractivity contribution in [1.29, 1.82) is 0 Å². The van der Waals surface area contributed by atoms with Crippen molar-refractivity contribution in [1.82, 2.24) is 14.9 Å². The number of amides is 1. The van der Waals surface area contributed by atoms with Gasteiger partial charge in [-0.05, 0) is 35.8 Å². The van der Waals surface area contributed by atoms with Crippen LogP contribution >= 0.6 is 11.3 Å². The predicted molar refractivity (Wildman–Crippen MR) is 116 cm³/mol. The third-order valence-corrected chi connectivity index (χ3v) is 8.01. The van der Waals surface area contributed by atoms with E-state index in [0.717, 1.165) is 43.8 Å². The highest BCUT2D eigenvalue weighted by atomic mass is 32.2. The molecule has 29 heavy (non-hydrogen) atoms. The normalized spacial score (nSPS) is 17.3. The molecule has 0 bridgehead atoms. The lowest BCUT2D eigenvalue weighted by Gasteiger charge is -2.33. The van der Waals surface area contributed by atoms with Gasteiger partial charge in [-0.15, -0.1) is 11.3 Å². The van der Waals surface area contributed by atoms with E-state index < -0.39 is 16.1 Å². The molecule has 1 fully saturated rings. The average Bonchev–Trinajstić information content (AvgIpc) is 3.24. The smallest absolute Gasteiger partial charge is 0.250 e. The zero-order valence-corrected chi connectivity index (χ0v) is 18.5. The van der Waals surface area contributed by atoms with Crippen LogP contribution < -0.4 is 10.0 Å². The molecular weight excluding hydrogens is 406 g/mol. The third kappa shape index (κ3) is 6.12. The Balaban J connectivity index is 1.53. The van der Waals surface area contributed by atoms with E-state index >= 15 is 0 Å². The second kappa shape index (κ2) is 9.84. The molecule has 1 amide bonds. The highest BCUT2D eigenvalue weighted by Gasteiger charge is 2.31. The molecule has 1 saturated heterocycles. The highest BCUT2D eigenvalue weighted by molar-refractivity contribution is 7.91. The zero-order valence-electron chi connectivity index (χ0n) is 16.9. The summed E-state index contributed by atoms with van der Waals surface area (Å²) in [6.45, 7) is 6.43. The van der Waals surface area contributed by atoms with E-state index in [0.29, 0.717) is 0 Å². The monoisotopic (exact) mass is 435 g/mol. The van der Waals surface area contributed by atoms with Crippen LogP contribution in [0, 0.1) is 5.92 Å². The number of hydrogen-bond donors (Lipinski definition) is 2. The number of hydrogen-bond acceptors (Lipinski definition) is 5. The Labute approximate surface area is 177 Å². The third-order valence-electron chi connectivity index (χ3n) is 5.17. The van der Waals surface area contributed by atoms with Crippen molar-refractivity contribution in [2.45, 2.75) is 49.5 Å². The molecule has 1 aliphatic heterocycles. The Kier molecular flexibility index (Phi) is 7.45. The van der Waals surface area contributed by atoms with Gasteiger partial charge in [0.05, 0.1) is 0 Å². The van der Waals surface area contributed by atoms with Gasteiger partial charge in [-0.3, -0.25) is 9.69 Å². The predicted octanol–water partition coefficient (Wildman–Crippen LogP) is 2.83. The van der Waals surface area contributed by atoms with Crippen LogP contribution in [0.15, 0.2) is 52.1 Å². The number of thiophene rings is 1. The van der Waals surface area contributed by atoms with Gasteiger partial charge in [0.25, 0.3) is 10.0 Å². The lowest BCUT2D eigenvalue weighted by Crippen LogP contribution is -2.53. The maximum atomic E-state index is 12.8. The number of sulfonamides is 1. The van der Waals surface area contributed by atoms with Crippen LogP contribution in [0.1, 0.15) is 32.3 Å². The largest absolute Gasteiger partial charge is 0.352 e. The quantitative estimate of drug-likeness (QED) is 0.668. The molecular formula is C21H29N3O3S2. The fraction of sp³-hybridized carbons (Fsp3) is 0.476. The minimum atomic E-state index is -3.69. The first-order valence-corrected chi connectivity index (χ1v) is 12.3. The molecule has 6 nitrogen and oxygen atoms in total. The van der Waals surface area contributed by atoms with Gasteiger partial charge in [0, 0.05) is 25.7 Å². The van der Waals surface area contributed by atoms with E-state index in [2.05, 4.69) is 27.1 Å². The standard InChI is InChI=1S/C21H29N3O3S2/c1-16(2)20(23-29(26,27)19-9-6-14-28-19)21(25)22-18-10-12-24(13-11-18)15-17-7-4-3-5-8-17/h3-9,14,16,18,20,23H,10-13,15H2,1-2H3,(H,22,25)/t20-/m1/s1. The van der Waals surface area contributed by atoms with Gasteiger partial charge in [0.2, 0.25) is 5.91 Å². The summed E-state index contributed by atoms with van der Waals surface area (Å²) in [6.07, 6.45) is 1.72. The maximum absolute atomic E-state index is 12.8. The second-order valence-corrected chi connectivity index (χ2v) is 10.7. The first-order valence-electron chi connectivity index (χ1n) is 9.97. The van der Waals surface area contributed by atoms with Crippen LogP contribution in [-0.4, -0.2) is 44.4 Å². The molecule has 8 heteroatoms. The van der Waals surface area contributed by atoms with Crippen LogP contribution in [0.5, 0.6) is 0 Å². The Morgan fingerprint density at radius 3 is 2.41 bits per heavy atom. The van der Waals surface area contributed by atoms with Gasteiger partial charge in [-0.1, -0.05) is 50.2 Å². The van der Waals surface area contributed by atoms with Crippen molar-refractivity contribution in [2.24, 2.45) is 5.92 Å². The maximum Gasteiger partial charge on any atom is 0.250 e. The van der Waals surface area contributed by atoms with Crippen LogP contribution in [0.2, 0.25) is 0 Å². The van der Waals surface area contributed by atoms with Gasteiger partial charge in [0.1, 0.15) is 10.3 Å². The summed E-state index contributed by atoms with van der Waals surface area (Å²) < 4.78 is 27.9. The number of carbonyl (C=O) groups is 1. The zero-order chi connectivity index (χ0) is 20.9. The van der Waals surface area contributed by atoms with E-state index in [1.807, 2.05) is 32.0 Å². The molecule has 0 aliphatic carbocycles. The lowest BCUT2D eigenvalue weighted by atomic mass is 10.0. The molecule has 1 atom stereocenters. The number of carbonyl (C=O) groups excluding carboxylic acids is 1. The summed E-state index contributed by atoms with van der Waals surface area (Å²) in [5, 5.41) is 4.77.